The maximum atomic E-state index is 12.3. The van der Waals surface area contributed by atoms with Crippen LogP contribution in [0, 0.1) is 0 Å². The number of amides is 1. The van der Waals surface area contributed by atoms with Gasteiger partial charge in [0.15, 0.2) is 15.0 Å². The fourth-order valence-electron chi connectivity index (χ4n) is 2.92. The van der Waals surface area contributed by atoms with Crippen LogP contribution >= 0.6 is 11.3 Å². The quantitative estimate of drug-likeness (QED) is 0.522. The van der Waals surface area contributed by atoms with E-state index in [2.05, 4.69) is 10.3 Å². The van der Waals surface area contributed by atoms with Crippen molar-refractivity contribution in [2.45, 2.75) is 31.1 Å². The van der Waals surface area contributed by atoms with E-state index in [1.807, 2.05) is 36.6 Å². The number of nitrogens with one attached hydrogen (secondary N) is 1. The van der Waals surface area contributed by atoms with Gasteiger partial charge in [-0.15, -0.1) is 11.3 Å². The highest BCUT2D eigenvalue weighted by Gasteiger charge is 2.13. The van der Waals surface area contributed by atoms with Crippen molar-refractivity contribution < 1.29 is 17.9 Å². The summed E-state index contributed by atoms with van der Waals surface area (Å²) in [7, 11) is -1.60. The Bertz CT molecular complexity index is 1090. The van der Waals surface area contributed by atoms with E-state index in [1.165, 1.54) is 11.3 Å². The number of benzene rings is 2. The van der Waals surface area contributed by atoms with Crippen molar-refractivity contribution in [2.24, 2.45) is 0 Å². The SMILES string of the molecule is CCCS(=O)(=O)c1ccc(CCC(=O)Nc2nc(-c3ccc(OC)cc3)cs2)cc1. The molecule has 0 bridgehead atoms. The van der Waals surface area contributed by atoms with Crippen LogP contribution in [0.5, 0.6) is 5.75 Å². The third kappa shape index (κ3) is 5.67. The summed E-state index contributed by atoms with van der Waals surface area (Å²) in [4.78, 5) is 17.1. The summed E-state index contributed by atoms with van der Waals surface area (Å²) in [6.45, 7) is 1.84. The van der Waals surface area contributed by atoms with Gasteiger partial charge in [0.05, 0.1) is 23.5 Å². The highest BCUT2D eigenvalue weighted by Crippen LogP contribution is 2.26. The van der Waals surface area contributed by atoms with Crippen LogP contribution in [-0.2, 0) is 21.1 Å². The predicted octanol–water partition coefficient (Wildman–Crippen LogP) is 4.57. The highest BCUT2D eigenvalue weighted by molar-refractivity contribution is 7.91. The molecule has 158 valence electrons. The van der Waals surface area contributed by atoms with E-state index < -0.39 is 9.84 Å². The zero-order valence-electron chi connectivity index (χ0n) is 16.9. The molecular formula is C22H24N2O4S2. The van der Waals surface area contributed by atoms with Gasteiger partial charge in [0.2, 0.25) is 5.91 Å². The zero-order chi connectivity index (χ0) is 21.6. The van der Waals surface area contributed by atoms with Gasteiger partial charge in [-0.25, -0.2) is 13.4 Å². The Morgan fingerprint density at radius 3 is 2.43 bits per heavy atom. The standard InChI is InChI=1S/C22H24N2O4S2/c1-3-14-30(26,27)19-11-4-16(5-12-19)6-13-21(25)24-22-23-20(15-29-22)17-7-9-18(28-2)10-8-17/h4-5,7-12,15H,3,6,13-14H2,1-2H3,(H,23,24,25). The third-order valence-electron chi connectivity index (χ3n) is 4.53. The van der Waals surface area contributed by atoms with Crippen molar-refractivity contribution >= 4 is 32.2 Å². The van der Waals surface area contributed by atoms with Crippen LogP contribution in [0.1, 0.15) is 25.3 Å². The maximum absolute atomic E-state index is 12.3. The second-order valence-corrected chi connectivity index (χ2v) is 9.74. The molecule has 1 amide bonds. The Morgan fingerprint density at radius 1 is 1.10 bits per heavy atom. The van der Waals surface area contributed by atoms with Crippen molar-refractivity contribution in [3.05, 3.63) is 59.5 Å². The van der Waals surface area contributed by atoms with Crippen LogP contribution < -0.4 is 10.1 Å². The van der Waals surface area contributed by atoms with Crippen LogP contribution in [-0.4, -0.2) is 32.2 Å². The lowest BCUT2D eigenvalue weighted by Crippen LogP contribution is -2.12. The largest absolute Gasteiger partial charge is 0.497 e. The van der Waals surface area contributed by atoms with E-state index in [4.69, 9.17) is 4.74 Å². The normalized spacial score (nSPS) is 11.3. The average Bonchev–Trinajstić information content (AvgIpc) is 3.21. The molecule has 30 heavy (non-hydrogen) atoms. The average molecular weight is 445 g/mol. The Hall–Kier alpha value is -2.71. The van der Waals surface area contributed by atoms with Crippen LogP contribution in [0.25, 0.3) is 11.3 Å². The maximum Gasteiger partial charge on any atom is 0.226 e. The summed E-state index contributed by atoms with van der Waals surface area (Å²) in [6.07, 6.45) is 1.40. The fourth-order valence-corrected chi connectivity index (χ4v) is 4.97. The van der Waals surface area contributed by atoms with Gasteiger partial charge in [-0.3, -0.25) is 4.79 Å². The molecule has 1 heterocycles. The number of rotatable bonds is 9. The van der Waals surface area contributed by atoms with Crippen LogP contribution in [0.15, 0.2) is 58.8 Å². The van der Waals surface area contributed by atoms with E-state index in [0.29, 0.717) is 29.3 Å². The van der Waals surface area contributed by atoms with Gasteiger partial charge in [-0.2, -0.15) is 0 Å². The number of ether oxygens (including phenoxy) is 1. The lowest BCUT2D eigenvalue weighted by atomic mass is 10.1. The first-order valence-electron chi connectivity index (χ1n) is 9.63. The van der Waals surface area contributed by atoms with Gasteiger partial charge in [0, 0.05) is 17.4 Å². The number of hydrogen-bond acceptors (Lipinski definition) is 6. The number of hydrogen-bond donors (Lipinski definition) is 1. The molecule has 3 aromatic rings. The topological polar surface area (TPSA) is 85.4 Å². The fraction of sp³-hybridized carbons (Fsp3) is 0.273. The summed E-state index contributed by atoms with van der Waals surface area (Å²) in [5.41, 5.74) is 2.66. The Morgan fingerprint density at radius 2 is 1.80 bits per heavy atom. The van der Waals surface area contributed by atoms with Crippen molar-refractivity contribution in [1.82, 2.24) is 4.98 Å². The first kappa shape index (κ1) is 22.0. The van der Waals surface area contributed by atoms with Crippen molar-refractivity contribution in [2.75, 3.05) is 18.2 Å². The molecule has 0 atom stereocenters. The van der Waals surface area contributed by atoms with Crippen molar-refractivity contribution in [3.63, 3.8) is 0 Å². The number of carbonyl (C=O) groups is 1. The molecule has 3 rings (SSSR count). The molecule has 0 unspecified atom stereocenters. The summed E-state index contributed by atoms with van der Waals surface area (Å²) in [6, 6.07) is 14.3. The molecule has 0 spiro atoms. The molecule has 0 aliphatic heterocycles. The third-order valence-corrected chi connectivity index (χ3v) is 7.23. The lowest BCUT2D eigenvalue weighted by molar-refractivity contribution is -0.116. The number of thiazole rings is 1. The first-order valence-corrected chi connectivity index (χ1v) is 12.2. The molecule has 1 N–H and O–H groups in total. The van der Waals surface area contributed by atoms with E-state index in [0.717, 1.165) is 22.6 Å². The molecular weight excluding hydrogens is 420 g/mol. The van der Waals surface area contributed by atoms with Gasteiger partial charge in [-0.1, -0.05) is 19.1 Å². The number of anilines is 1. The number of methoxy groups -OCH3 is 1. The number of aromatic nitrogens is 1. The molecule has 0 saturated heterocycles. The van der Waals surface area contributed by atoms with E-state index >= 15 is 0 Å². The van der Waals surface area contributed by atoms with Gasteiger partial charge >= 0.3 is 0 Å². The summed E-state index contributed by atoms with van der Waals surface area (Å²) in [5, 5.41) is 5.27. The van der Waals surface area contributed by atoms with Crippen LogP contribution in [0.4, 0.5) is 5.13 Å². The van der Waals surface area contributed by atoms with Crippen LogP contribution in [0.3, 0.4) is 0 Å². The number of carbonyl (C=O) groups excluding carboxylic acids is 1. The van der Waals surface area contributed by atoms with Gasteiger partial charge < -0.3 is 10.1 Å². The summed E-state index contributed by atoms with van der Waals surface area (Å²) in [5.74, 6) is 0.785. The monoisotopic (exact) mass is 444 g/mol. The number of nitrogens with zero attached hydrogens (tertiary/aromatic N) is 1. The van der Waals surface area contributed by atoms with Crippen molar-refractivity contribution in [1.29, 1.82) is 0 Å². The lowest BCUT2D eigenvalue weighted by Gasteiger charge is -2.05. The number of aryl methyl sites for hydroxylation is 1. The minimum atomic E-state index is -3.22. The van der Waals surface area contributed by atoms with Gasteiger partial charge in [0.1, 0.15) is 5.75 Å². The van der Waals surface area contributed by atoms with E-state index in [9.17, 15) is 13.2 Å². The molecule has 6 nitrogen and oxygen atoms in total. The second-order valence-electron chi connectivity index (χ2n) is 6.78. The molecule has 1 aromatic heterocycles. The highest BCUT2D eigenvalue weighted by atomic mass is 32.2. The molecule has 0 saturated carbocycles. The molecule has 0 fully saturated rings. The summed E-state index contributed by atoms with van der Waals surface area (Å²) < 4.78 is 29.3. The van der Waals surface area contributed by atoms with Crippen molar-refractivity contribution in [3.8, 4) is 17.0 Å². The predicted molar refractivity (Wildman–Crippen MR) is 120 cm³/mol. The smallest absolute Gasteiger partial charge is 0.226 e. The number of sulfone groups is 1. The van der Waals surface area contributed by atoms with Gasteiger partial charge in [-0.05, 0) is 54.8 Å². The minimum Gasteiger partial charge on any atom is -0.497 e. The molecule has 0 radical (unpaired) electrons. The first-order chi connectivity index (χ1) is 14.4. The Kier molecular flexibility index (Phi) is 7.23. The minimum absolute atomic E-state index is 0.131. The molecule has 0 aliphatic carbocycles. The van der Waals surface area contributed by atoms with Gasteiger partial charge in [0.25, 0.3) is 0 Å². The molecule has 0 aliphatic rings. The second kappa shape index (κ2) is 9.86. The van der Waals surface area contributed by atoms with Crippen LogP contribution in [0.2, 0.25) is 0 Å². The van der Waals surface area contributed by atoms with E-state index in [-0.39, 0.29) is 11.7 Å². The zero-order valence-corrected chi connectivity index (χ0v) is 18.6. The van der Waals surface area contributed by atoms with E-state index in [1.54, 1.807) is 31.4 Å². The Labute approximate surface area is 180 Å². The summed E-state index contributed by atoms with van der Waals surface area (Å²) >= 11 is 1.37. The Balaban J connectivity index is 1.54. The molecule has 8 heteroatoms. The molecule has 2 aromatic carbocycles.